The molecule has 0 radical (unpaired) electrons. The largest absolute Gasteiger partial charge is 0.468 e. The molecule has 0 aliphatic carbocycles. The number of rotatable bonds is 5. The fourth-order valence-electron chi connectivity index (χ4n) is 2.54. The highest BCUT2D eigenvalue weighted by atomic mass is 35.5. The Bertz CT molecular complexity index is 925. The Morgan fingerprint density at radius 2 is 1.85 bits per heavy atom. The van der Waals surface area contributed by atoms with E-state index in [0.717, 1.165) is 16.8 Å². The molecular weight excluding hydrogens is 370 g/mol. The Balaban J connectivity index is 2.12. The van der Waals surface area contributed by atoms with E-state index in [4.69, 9.17) is 16.3 Å². The number of aromatic nitrogens is 3. The van der Waals surface area contributed by atoms with Crippen LogP contribution in [-0.2, 0) is 9.53 Å². The van der Waals surface area contributed by atoms with Crippen LogP contribution < -0.4 is 0 Å². The van der Waals surface area contributed by atoms with Crippen molar-refractivity contribution in [2.45, 2.75) is 24.3 Å². The number of para-hydroxylation sites is 1. The molecule has 3 rings (SSSR count). The number of carbonyl (C=O) groups excluding carboxylic acids is 1. The van der Waals surface area contributed by atoms with Gasteiger partial charge in [-0.1, -0.05) is 41.6 Å². The molecule has 2 aromatic carbocycles. The quantitative estimate of drug-likeness (QED) is 0.474. The summed E-state index contributed by atoms with van der Waals surface area (Å²) >= 11 is 7.32. The summed E-state index contributed by atoms with van der Waals surface area (Å²) in [5.74, 6) is 0.387. The minimum Gasteiger partial charge on any atom is -0.468 e. The van der Waals surface area contributed by atoms with Gasteiger partial charge >= 0.3 is 5.97 Å². The molecule has 134 valence electrons. The Hall–Kier alpha value is -2.31. The lowest BCUT2D eigenvalue weighted by atomic mass is 10.1. The molecule has 0 spiro atoms. The van der Waals surface area contributed by atoms with E-state index in [0.29, 0.717) is 16.0 Å². The van der Waals surface area contributed by atoms with Gasteiger partial charge in [0.05, 0.1) is 12.8 Å². The second-order valence-electron chi connectivity index (χ2n) is 5.72. The van der Waals surface area contributed by atoms with Crippen molar-refractivity contribution in [3.63, 3.8) is 0 Å². The number of carbonyl (C=O) groups is 1. The number of methoxy groups -OCH3 is 1. The third kappa shape index (κ3) is 3.76. The highest BCUT2D eigenvalue weighted by Crippen LogP contribution is 2.32. The zero-order valence-corrected chi connectivity index (χ0v) is 16.2. The first-order valence-electron chi connectivity index (χ1n) is 8.03. The highest BCUT2D eigenvalue weighted by Gasteiger charge is 2.22. The second kappa shape index (κ2) is 7.93. The van der Waals surface area contributed by atoms with E-state index in [1.165, 1.54) is 18.9 Å². The van der Waals surface area contributed by atoms with Crippen molar-refractivity contribution in [1.82, 2.24) is 14.8 Å². The van der Waals surface area contributed by atoms with Crippen LogP contribution in [0.2, 0.25) is 5.02 Å². The van der Waals surface area contributed by atoms with Gasteiger partial charge in [0.15, 0.2) is 11.0 Å². The van der Waals surface area contributed by atoms with Gasteiger partial charge < -0.3 is 4.74 Å². The average Bonchev–Trinajstić information content (AvgIpc) is 3.05. The first-order chi connectivity index (χ1) is 12.5. The lowest BCUT2D eigenvalue weighted by Crippen LogP contribution is -2.15. The summed E-state index contributed by atoms with van der Waals surface area (Å²) < 4.78 is 6.79. The summed E-state index contributed by atoms with van der Waals surface area (Å²) in [5.41, 5.74) is 2.93. The summed E-state index contributed by atoms with van der Waals surface area (Å²) in [6.45, 7) is 3.81. The fraction of sp³-hybridized carbons (Fsp3) is 0.211. The molecule has 5 nitrogen and oxygen atoms in total. The fourth-order valence-corrected chi connectivity index (χ4v) is 3.55. The molecule has 26 heavy (non-hydrogen) atoms. The summed E-state index contributed by atoms with van der Waals surface area (Å²) in [7, 11) is 1.38. The van der Waals surface area contributed by atoms with E-state index < -0.39 is 5.25 Å². The third-order valence-electron chi connectivity index (χ3n) is 3.91. The summed E-state index contributed by atoms with van der Waals surface area (Å²) in [4.78, 5) is 11.8. The van der Waals surface area contributed by atoms with Crippen molar-refractivity contribution >= 4 is 29.3 Å². The molecule has 1 unspecified atom stereocenters. The van der Waals surface area contributed by atoms with Gasteiger partial charge in [0.1, 0.15) is 5.25 Å². The molecule has 1 aromatic heterocycles. The van der Waals surface area contributed by atoms with E-state index >= 15 is 0 Å². The number of hydrogen-bond acceptors (Lipinski definition) is 5. The van der Waals surface area contributed by atoms with E-state index in [9.17, 15) is 4.79 Å². The molecule has 0 aliphatic heterocycles. The van der Waals surface area contributed by atoms with E-state index in [1.54, 1.807) is 6.92 Å². The van der Waals surface area contributed by atoms with Gasteiger partial charge in [-0.05, 0) is 49.7 Å². The van der Waals surface area contributed by atoms with E-state index in [-0.39, 0.29) is 5.97 Å². The standard InChI is InChI=1S/C19H18ClN3O2S/c1-12-6-4-5-7-16(12)23-17(14-8-10-15(20)11-9-14)21-22-19(23)26-13(2)18(24)25-3/h4-11,13H,1-3H3. The number of aryl methyl sites for hydroxylation is 1. The molecule has 0 N–H and O–H groups in total. The average molecular weight is 388 g/mol. The first kappa shape index (κ1) is 18.5. The number of thioether (sulfide) groups is 1. The molecule has 1 atom stereocenters. The highest BCUT2D eigenvalue weighted by molar-refractivity contribution is 8.00. The Kier molecular flexibility index (Phi) is 5.64. The Labute approximate surface area is 161 Å². The number of benzene rings is 2. The first-order valence-corrected chi connectivity index (χ1v) is 9.29. The van der Waals surface area contributed by atoms with Crippen LogP contribution in [0.5, 0.6) is 0 Å². The van der Waals surface area contributed by atoms with Crippen molar-refractivity contribution in [2.24, 2.45) is 0 Å². The zero-order valence-electron chi connectivity index (χ0n) is 14.6. The molecule has 7 heteroatoms. The molecule has 0 saturated carbocycles. The van der Waals surface area contributed by atoms with Gasteiger partial charge in [0.25, 0.3) is 0 Å². The van der Waals surface area contributed by atoms with Gasteiger partial charge in [0.2, 0.25) is 0 Å². The third-order valence-corrected chi connectivity index (χ3v) is 5.18. The smallest absolute Gasteiger partial charge is 0.318 e. The van der Waals surface area contributed by atoms with Crippen molar-refractivity contribution in [3.8, 4) is 17.1 Å². The van der Waals surface area contributed by atoms with Crippen LogP contribution in [0.4, 0.5) is 0 Å². The lowest BCUT2D eigenvalue weighted by molar-refractivity contribution is -0.139. The molecule has 0 fully saturated rings. The van der Waals surface area contributed by atoms with E-state index in [2.05, 4.69) is 10.2 Å². The molecule has 0 aliphatic rings. The number of esters is 1. The maximum absolute atomic E-state index is 11.8. The van der Waals surface area contributed by atoms with Gasteiger partial charge in [-0.15, -0.1) is 10.2 Å². The van der Waals surface area contributed by atoms with Crippen LogP contribution >= 0.6 is 23.4 Å². The van der Waals surface area contributed by atoms with Crippen LogP contribution in [0, 0.1) is 6.92 Å². The summed E-state index contributed by atoms with van der Waals surface area (Å²) in [5, 5.41) is 9.58. The Morgan fingerprint density at radius 3 is 2.50 bits per heavy atom. The zero-order chi connectivity index (χ0) is 18.7. The molecule has 3 aromatic rings. The predicted octanol–water partition coefficient (Wildman–Crippen LogP) is 4.55. The van der Waals surface area contributed by atoms with Crippen LogP contribution in [0.3, 0.4) is 0 Å². The number of nitrogens with zero attached hydrogens (tertiary/aromatic N) is 3. The SMILES string of the molecule is COC(=O)C(C)Sc1nnc(-c2ccc(Cl)cc2)n1-c1ccccc1C. The molecule has 0 amide bonds. The van der Waals surface area contributed by atoms with Crippen molar-refractivity contribution in [1.29, 1.82) is 0 Å². The molecular formula is C19H18ClN3O2S. The lowest BCUT2D eigenvalue weighted by Gasteiger charge is -2.14. The van der Waals surface area contributed by atoms with Gasteiger partial charge in [-0.25, -0.2) is 0 Å². The van der Waals surface area contributed by atoms with Crippen molar-refractivity contribution in [3.05, 3.63) is 59.1 Å². The summed E-state index contributed by atoms with van der Waals surface area (Å²) in [6.07, 6.45) is 0. The van der Waals surface area contributed by atoms with Crippen LogP contribution in [0.15, 0.2) is 53.7 Å². The van der Waals surface area contributed by atoms with Crippen LogP contribution in [0.1, 0.15) is 12.5 Å². The van der Waals surface area contributed by atoms with Gasteiger partial charge in [-0.2, -0.15) is 0 Å². The second-order valence-corrected chi connectivity index (χ2v) is 7.46. The minimum absolute atomic E-state index is 0.303. The summed E-state index contributed by atoms with van der Waals surface area (Å²) in [6, 6.07) is 15.4. The van der Waals surface area contributed by atoms with Crippen molar-refractivity contribution < 1.29 is 9.53 Å². The topological polar surface area (TPSA) is 57.0 Å². The number of halogens is 1. The number of hydrogen-bond donors (Lipinski definition) is 0. The van der Waals surface area contributed by atoms with Crippen molar-refractivity contribution in [2.75, 3.05) is 7.11 Å². The normalized spacial score (nSPS) is 12.0. The van der Waals surface area contributed by atoms with Crippen LogP contribution in [-0.4, -0.2) is 33.1 Å². The number of ether oxygens (including phenoxy) is 1. The maximum atomic E-state index is 11.8. The Morgan fingerprint density at radius 1 is 1.15 bits per heavy atom. The molecule has 0 bridgehead atoms. The van der Waals surface area contributed by atoms with E-state index in [1.807, 2.05) is 60.0 Å². The monoisotopic (exact) mass is 387 g/mol. The molecule has 0 saturated heterocycles. The molecule has 1 heterocycles. The van der Waals surface area contributed by atoms with Gasteiger partial charge in [-0.3, -0.25) is 9.36 Å². The van der Waals surface area contributed by atoms with Gasteiger partial charge in [0, 0.05) is 10.6 Å². The predicted molar refractivity (Wildman–Crippen MR) is 104 cm³/mol. The minimum atomic E-state index is -0.398. The van der Waals surface area contributed by atoms with Crippen LogP contribution in [0.25, 0.3) is 17.1 Å². The maximum Gasteiger partial charge on any atom is 0.318 e.